The lowest BCUT2D eigenvalue weighted by Crippen LogP contribution is -2.23. The van der Waals surface area contributed by atoms with E-state index in [1.807, 2.05) is 0 Å². The third kappa shape index (κ3) is 2.88. The van der Waals surface area contributed by atoms with Crippen LogP contribution in [0, 0.1) is 5.92 Å². The first-order valence-electron chi connectivity index (χ1n) is 6.66. The number of primary amides is 1. The summed E-state index contributed by atoms with van der Waals surface area (Å²) < 4.78 is 0. The Hall–Kier alpha value is -2.87. The summed E-state index contributed by atoms with van der Waals surface area (Å²) in [4.78, 5) is 30.3. The van der Waals surface area contributed by atoms with Gasteiger partial charge in [0.2, 0.25) is 11.8 Å². The lowest BCUT2D eigenvalue weighted by molar-refractivity contribution is -0.115. The molecule has 0 aliphatic rings. The van der Waals surface area contributed by atoms with Crippen LogP contribution in [0.15, 0.2) is 29.8 Å². The average Bonchev–Trinajstić information content (AvgIpc) is 3.06. The molecule has 0 aliphatic heterocycles. The molecule has 8 heteroatoms. The average molecular weight is 329 g/mol. The fourth-order valence-electron chi connectivity index (χ4n) is 2.31. The normalized spacial score (nSPS) is 11.0. The summed E-state index contributed by atoms with van der Waals surface area (Å²) in [6, 6.07) is 4.80. The number of thiazole rings is 1. The molecule has 117 valence electrons. The first kappa shape index (κ1) is 15.0. The van der Waals surface area contributed by atoms with Gasteiger partial charge in [0.15, 0.2) is 5.13 Å². The zero-order chi connectivity index (χ0) is 16.6. The van der Waals surface area contributed by atoms with E-state index in [1.165, 1.54) is 18.3 Å². The molecule has 0 saturated carbocycles. The van der Waals surface area contributed by atoms with Crippen LogP contribution in [-0.2, 0) is 9.59 Å². The number of H-pyrrole nitrogens is 1. The van der Waals surface area contributed by atoms with Gasteiger partial charge in [-0.2, -0.15) is 0 Å². The Morgan fingerprint density at radius 1 is 1.39 bits per heavy atom. The summed E-state index contributed by atoms with van der Waals surface area (Å²) in [5, 5.41) is 14.9. The Morgan fingerprint density at radius 3 is 2.87 bits per heavy atom. The molecule has 2 heterocycles. The number of nitrogens with zero attached hydrogens (tertiary/aromatic N) is 1. The van der Waals surface area contributed by atoms with Crippen LogP contribution in [-0.4, -0.2) is 26.9 Å². The van der Waals surface area contributed by atoms with Crippen molar-refractivity contribution >= 4 is 39.2 Å². The maximum atomic E-state index is 11.9. The number of fused-ring (bicyclic) bond motifs is 1. The Bertz CT molecular complexity index is 899. The highest BCUT2D eigenvalue weighted by atomic mass is 32.1. The highest BCUT2D eigenvalue weighted by Gasteiger charge is 2.27. The number of phenols is 1. The molecule has 3 aromatic rings. The zero-order valence-electron chi connectivity index (χ0n) is 12.1. The molecule has 0 fully saturated rings. The largest absolute Gasteiger partial charge is 0.508 e. The van der Waals surface area contributed by atoms with Crippen molar-refractivity contribution in [2.45, 2.75) is 6.92 Å². The summed E-state index contributed by atoms with van der Waals surface area (Å²) in [5.41, 5.74) is 7.20. The fourth-order valence-corrected chi connectivity index (χ4v) is 3.06. The number of aromatic nitrogens is 2. The predicted molar refractivity (Wildman–Crippen MR) is 87.0 cm³/mol. The number of nitrogens with two attached hydrogens (primary N) is 1. The van der Waals surface area contributed by atoms with Gasteiger partial charge in [-0.05, 0) is 18.2 Å². The van der Waals surface area contributed by atoms with Gasteiger partial charge in [-0.15, -0.1) is 11.3 Å². The number of hydrogen-bond acceptors (Lipinski definition) is 5. The second-order valence-corrected chi connectivity index (χ2v) is 5.75. The number of aromatic hydroxyl groups is 1. The standard InChI is InChI=1S/C15H13N4O3S/c1-7(20)18-15-19-12(6-23-15)13(14(16)22)10-5-17-11-3-2-8(21)4-9(10)11/h2-6,17,21H,1H3,(H2,16,22)(H,18,19,20). The molecule has 1 radical (unpaired) electrons. The minimum atomic E-state index is -0.645. The van der Waals surface area contributed by atoms with Crippen LogP contribution >= 0.6 is 11.3 Å². The topological polar surface area (TPSA) is 121 Å². The van der Waals surface area contributed by atoms with Crippen molar-refractivity contribution in [1.29, 1.82) is 0 Å². The van der Waals surface area contributed by atoms with E-state index >= 15 is 0 Å². The van der Waals surface area contributed by atoms with E-state index in [2.05, 4.69) is 15.3 Å². The smallest absolute Gasteiger partial charge is 0.236 e. The molecular weight excluding hydrogens is 316 g/mol. The SMILES string of the molecule is CC(=O)Nc1nc([C](C(N)=O)c2c[nH]c3ccc(O)cc23)cs1. The van der Waals surface area contributed by atoms with Gasteiger partial charge in [-0.25, -0.2) is 4.98 Å². The van der Waals surface area contributed by atoms with E-state index in [1.54, 1.807) is 29.8 Å². The minimum absolute atomic E-state index is 0.0828. The minimum Gasteiger partial charge on any atom is -0.508 e. The number of benzene rings is 1. The van der Waals surface area contributed by atoms with Gasteiger partial charge in [-0.3, -0.25) is 9.59 Å². The fraction of sp³-hybridized carbons (Fsp3) is 0.0667. The number of amides is 2. The summed E-state index contributed by atoms with van der Waals surface area (Å²) >= 11 is 1.20. The van der Waals surface area contributed by atoms with Gasteiger partial charge in [-0.1, -0.05) is 0 Å². The van der Waals surface area contributed by atoms with Crippen LogP contribution in [0.25, 0.3) is 10.9 Å². The maximum absolute atomic E-state index is 11.9. The van der Waals surface area contributed by atoms with Crippen LogP contribution in [0.5, 0.6) is 5.75 Å². The van der Waals surface area contributed by atoms with Crippen LogP contribution in [0.3, 0.4) is 0 Å². The van der Waals surface area contributed by atoms with Crippen molar-refractivity contribution in [3.8, 4) is 5.75 Å². The van der Waals surface area contributed by atoms with Gasteiger partial charge in [0.1, 0.15) is 11.7 Å². The predicted octanol–water partition coefficient (Wildman–Crippen LogP) is 1.74. The number of phenolic OH excluding ortho intramolecular Hbond substituents is 1. The highest BCUT2D eigenvalue weighted by Crippen LogP contribution is 2.33. The van der Waals surface area contributed by atoms with Crippen molar-refractivity contribution in [2.24, 2.45) is 5.73 Å². The molecule has 0 atom stereocenters. The molecule has 7 nitrogen and oxygen atoms in total. The molecule has 0 spiro atoms. The second-order valence-electron chi connectivity index (χ2n) is 4.89. The van der Waals surface area contributed by atoms with Gasteiger partial charge < -0.3 is 21.1 Å². The third-order valence-electron chi connectivity index (χ3n) is 3.22. The van der Waals surface area contributed by atoms with Gasteiger partial charge in [0.05, 0.1) is 5.69 Å². The van der Waals surface area contributed by atoms with Gasteiger partial charge >= 0.3 is 0 Å². The molecular formula is C15H13N4O3S. The van der Waals surface area contributed by atoms with Crippen molar-refractivity contribution in [1.82, 2.24) is 9.97 Å². The molecule has 23 heavy (non-hydrogen) atoms. The van der Waals surface area contributed by atoms with Gasteiger partial charge in [0, 0.05) is 35.0 Å². The summed E-state index contributed by atoms with van der Waals surface area (Å²) in [7, 11) is 0. The van der Waals surface area contributed by atoms with Crippen molar-refractivity contribution in [2.75, 3.05) is 5.32 Å². The quantitative estimate of drug-likeness (QED) is 0.582. The van der Waals surface area contributed by atoms with E-state index in [0.717, 1.165) is 5.52 Å². The molecule has 0 saturated heterocycles. The van der Waals surface area contributed by atoms with E-state index in [4.69, 9.17) is 5.73 Å². The number of rotatable bonds is 4. The molecule has 3 rings (SSSR count). The van der Waals surface area contributed by atoms with E-state index < -0.39 is 5.91 Å². The summed E-state index contributed by atoms with van der Waals surface area (Å²) in [6.07, 6.45) is 1.64. The Morgan fingerprint density at radius 2 is 2.17 bits per heavy atom. The molecule has 0 unspecified atom stereocenters. The first-order chi connectivity index (χ1) is 11.0. The number of anilines is 1. The number of aromatic amines is 1. The Kier molecular flexibility index (Phi) is 3.75. The number of nitrogens with one attached hydrogen (secondary N) is 2. The third-order valence-corrected chi connectivity index (χ3v) is 3.98. The molecule has 2 amide bonds. The van der Waals surface area contributed by atoms with E-state index in [-0.39, 0.29) is 17.6 Å². The number of hydrogen-bond donors (Lipinski definition) is 4. The van der Waals surface area contributed by atoms with E-state index in [9.17, 15) is 14.7 Å². The number of carbonyl (C=O) groups is 2. The molecule has 0 aliphatic carbocycles. The lowest BCUT2D eigenvalue weighted by Gasteiger charge is -2.09. The van der Waals surface area contributed by atoms with Crippen molar-refractivity contribution < 1.29 is 14.7 Å². The van der Waals surface area contributed by atoms with Crippen LogP contribution < -0.4 is 11.1 Å². The van der Waals surface area contributed by atoms with Crippen LogP contribution in [0.1, 0.15) is 18.2 Å². The maximum Gasteiger partial charge on any atom is 0.236 e. The second kappa shape index (κ2) is 5.73. The van der Waals surface area contributed by atoms with Gasteiger partial charge in [0.25, 0.3) is 0 Å². The number of carbonyl (C=O) groups excluding carboxylic acids is 2. The van der Waals surface area contributed by atoms with Crippen LogP contribution in [0.2, 0.25) is 0 Å². The Balaban J connectivity index is 2.07. The lowest BCUT2D eigenvalue weighted by atomic mass is 9.95. The molecule has 1 aromatic carbocycles. The van der Waals surface area contributed by atoms with Crippen molar-refractivity contribution in [3.63, 3.8) is 0 Å². The summed E-state index contributed by atoms with van der Waals surface area (Å²) in [6.45, 7) is 1.38. The summed E-state index contributed by atoms with van der Waals surface area (Å²) in [5.74, 6) is -0.591. The first-order valence-corrected chi connectivity index (χ1v) is 7.54. The molecule has 2 aromatic heterocycles. The van der Waals surface area contributed by atoms with Crippen LogP contribution in [0.4, 0.5) is 5.13 Å². The highest BCUT2D eigenvalue weighted by molar-refractivity contribution is 7.14. The monoisotopic (exact) mass is 329 g/mol. The molecule has 0 bridgehead atoms. The Labute approximate surface area is 135 Å². The molecule has 5 N–H and O–H groups in total. The zero-order valence-corrected chi connectivity index (χ0v) is 12.9. The van der Waals surface area contributed by atoms with Crippen molar-refractivity contribution in [3.05, 3.63) is 47.0 Å². The van der Waals surface area contributed by atoms with E-state index in [0.29, 0.717) is 21.8 Å².